The van der Waals surface area contributed by atoms with Crippen LogP contribution in [0.2, 0.25) is 5.02 Å². The summed E-state index contributed by atoms with van der Waals surface area (Å²) < 4.78 is 59.4. The number of β-amino-alcohol motifs (C(OH)–C–C–N with tert-alkyl or cyclic N) is 1. The number of carbonyl (C=O) groups is 2. The average Bonchev–Trinajstić information content (AvgIpc) is 3.57. The molecule has 1 spiro atoms. The van der Waals surface area contributed by atoms with E-state index in [4.69, 9.17) is 25.8 Å². The van der Waals surface area contributed by atoms with Gasteiger partial charge < -0.3 is 39.2 Å². The number of methoxy groups -OCH3 is 1. The zero-order valence-electron chi connectivity index (χ0n) is 23.5. The Hall–Kier alpha value is -3.42. The lowest BCUT2D eigenvalue weighted by molar-refractivity contribution is -0.204. The van der Waals surface area contributed by atoms with E-state index in [0.29, 0.717) is 17.3 Å². The lowest BCUT2D eigenvalue weighted by Crippen LogP contribution is -2.49. The number of aliphatic hydroxyl groups excluding tert-OH is 1. The number of halogens is 4. The number of urea groups is 1. The van der Waals surface area contributed by atoms with Crippen molar-refractivity contribution >= 4 is 29.3 Å². The second kappa shape index (κ2) is 12.7. The van der Waals surface area contributed by atoms with Crippen molar-refractivity contribution in [1.82, 2.24) is 9.80 Å². The van der Waals surface area contributed by atoms with Crippen LogP contribution in [0.5, 0.6) is 17.2 Å². The van der Waals surface area contributed by atoms with Crippen molar-refractivity contribution in [2.75, 3.05) is 51.8 Å². The molecule has 3 heterocycles. The van der Waals surface area contributed by atoms with Crippen LogP contribution in [0.25, 0.3) is 0 Å². The number of alkyl halides is 3. The summed E-state index contributed by atoms with van der Waals surface area (Å²) in [5.41, 5.74) is 1.14. The maximum Gasteiger partial charge on any atom is 0.490 e. The van der Waals surface area contributed by atoms with Gasteiger partial charge in [-0.15, -0.1) is 0 Å². The Morgan fingerprint density at radius 2 is 1.95 bits per heavy atom. The SMILES string of the molecule is COc1ccc(NC(=O)N2CC[C@H](OC(=O)C(F)(F)F)C2)c(OC[C@@H](O)CN2CCC3(CC2)Cc2cc(Cl)ccc2O3)c1. The smallest absolute Gasteiger partial charge is 0.490 e. The molecule has 0 radical (unpaired) electrons. The van der Waals surface area contributed by atoms with E-state index >= 15 is 0 Å². The summed E-state index contributed by atoms with van der Waals surface area (Å²) in [5, 5.41) is 14.1. The highest BCUT2D eigenvalue weighted by Gasteiger charge is 2.44. The molecule has 2 N–H and O–H groups in total. The first-order valence-corrected chi connectivity index (χ1v) is 14.3. The van der Waals surface area contributed by atoms with Gasteiger partial charge in [-0.3, -0.25) is 0 Å². The highest BCUT2D eigenvalue weighted by atomic mass is 35.5. The van der Waals surface area contributed by atoms with E-state index < -0.39 is 30.4 Å². The Kier molecular flexibility index (Phi) is 9.14. The highest BCUT2D eigenvalue weighted by molar-refractivity contribution is 6.30. The topological polar surface area (TPSA) is 110 Å². The van der Waals surface area contributed by atoms with Crippen LogP contribution in [0.15, 0.2) is 36.4 Å². The molecule has 2 atom stereocenters. The van der Waals surface area contributed by atoms with E-state index in [0.717, 1.165) is 43.7 Å². The fraction of sp³-hybridized carbons (Fsp3) is 0.517. The van der Waals surface area contributed by atoms with Gasteiger partial charge >= 0.3 is 18.2 Å². The molecule has 5 rings (SSSR count). The first-order chi connectivity index (χ1) is 20.4. The Morgan fingerprint density at radius 1 is 1.19 bits per heavy atom. The zero-order chi connectivity index (χ0) is 30.8. The molecule has 0 aromatic heterocycles. The number of likely N-dealkylation sites (tertiary alicyclic amines) is 2. The van der Waals surface area contributed by atoms with Crippen LogP contribution in [0.4, 0.5) is 23.7 Å². The van der Waals surface area contributed by atoms with Crippen LogP contribution in [0.1, 0.15) is 24.8 Å². The van der Waals surface area contributed by atoms with Gasteiger partial charge in [0.05, 0.1) is 19.3 Å². The lowest BCUT2D eigenvalue weighted by Gasteiger charge is -2.39. The van der Waals surface area contributed by atoms with Crippen LogP contribution < -0.4 is 19.5 Å². The van der Waals surface area contributed by atoms with Gasteiger partial charge in [0.15, 0.2) is 0 Å². The van der Waals surface area contributed by atoms with Crippen LogP contribution >= 0.6 is 11.6 Å². The molecule has 2 aromatic rings. The Balaban J connectivity index is 1.11. The van der Waals surface area contributed by atoms with Crippen LogP contribution in [-0.2, 0) is 16.0 Å². The summed E-state index contributed by atoms with van der Waals surface area (Å²) in [6, 6.07) is 9.82. The third kappa shape index (κ3) is 7.57. The zero-order valence-corrected chi connectivity index (χ0v) is 24.2. The van der Waals surface area contributed by atoms with Gasteiger partial charge in [0, 0.05) is 63.0 Å². The molecular weight excluding hydrogens is 595 g/mol. The lowest BCUT2D eigenvalue weighted by atomic mass is 9.87. The standard InChI is InChI=1S/C29H33ClF3N3O7/c1-40-21-3-4-23(34-27(39)36-9-6-22(16-36)42-26(38)29(31,32)33)25(13-21)41-17-20(37)15-35-10-7-28(8-11-35)14-18-12-19(30)2-5-24(18)43-28/h2-5,12-13,20,22,37H,6-11,14-17H2,1H3,(H,34,39)/t20-,22-/m0/s1. The largest absolute Gasteiger partial charge is 0.497 e. The van der Waals surface area contributed by atoms with Crippen molar-refractivity contribution in [3.8, 4) is 17.2 Å². The molecule has 0 aliphatic carbocycles. The number of fused-ring (bicyclic) bond motifs is 1. The molecule has 14 heteroatoms. The molecule has 2 aromatic carbocycles. The van der Waals surface area contributed by atoms with Crippen LogP contribution in [-0.4, -0.2) is 97.3 Å². The van der Waals surface area contributed by atoms with E-state index in [2.05, 4.69) is 15.0 Å². The van der Waals surface area contributed by atoms with Crippen molar-refractivity contribution in [2.45, 2.75) is 49.7 Å². The van der Waals surface area contributed by atoms with E-state index in [1.165, 1.54) is 12.0 Å². The molecule has 3 aliphatic heterocycles. The maximum atomic E-state index is 12.8. The first-order valence-electron chi connectivity index (χ1n) is 14.0. The average molecular weight is 628 g/mol. The van der Waals surface area contributed by atoms with Gasteiger partial charge in [0.25, 0.3) is 0 Å². The van der Waals surface area contributed by atoms with Crippen molar-refractivity contribution in [3.05, 3.63) is 47.0 Å². The summed E-state index contributed by atoms with van der Waals surface area (Å²) in [7, 11) is 1.48. The number of nitrogens with one attached hydrogen (secondary N) is 1. The minimum absolute atomic E-state index is 0.0582. The van der Waals surface area contributed by atoms with E-state index in [1.54, 1.807) is 18.2 Å². The molecule has 3 aliphatic rings. The van der Waals surface area contributed by atoms with Crippen molar-refractivity contribution in [3.63, 3.8) is 0 Å². The number of hydrogen-bond donors (Lipinski definition) is 2. The molecule has 0 unspecified atom stereocenters. The fourth-order valence-corrected chi connectivity index (χ4v) is 5.83. The number of piperidine rings is 1. The van der Waals surface area contributed by atoms with E-state index in [-0.39, 0.29) is 43.2 Å². The van der Waals surface area contributed by atoms with Crippen molar-refractivity contribution in [1.29, 1.82) is 0 Å². The number of rotatable bonds is 8. The highest BCUT2D eigenvalue weighted by Crippen LogP contribution is 2.42. The number of carbonyl (C=O) groups excluding carboxylic acids is 2. The van der Waals surface area contributed by atoms with Gasteiger partial charge in [0.1, 0.15) is 41.7 Å². The molecule has 0 bridgehead atoms. The minimum atomic E-state index is -5.10. The molecule has 43 heavy (non-hydrogen) atoms. The normalized spacial score (nSPS) is 20.3. The van der Waals surface area contributed by atoms with Gasteiger partial charge in [0.2, 0.25) is 0 Å². The first kappa shape index (κ1) is 31.0. The van der Waals surface area contributed by atoms with Gasteiger partial charge in [-0.05, 0) is 35.9 Å². The van der Waals surface area contributed by atoms with Crippen LogP contribution in [0, 0.1) is 0 Å². The summed E-state index contributed by atoms with van der Waals surface area (Å²) in [6.45, 7) is 1.74. The number of hydrogen-bond acceptors (Lipinski definition) is 8. The third-order valence-corrected chi connectivity index (χ3v) is 8.13. The second-order valence-corrected chi connectivity index (χ2v) is 11.5. The molecule has 2 saturated heterocycles. The monoisotopic (exact) mass is 627 g/mol. The predicted molar refractivity (Wildman–Crippen MR) is 150 cm³/mol. The number of nitrogens with zero attached hydrogens (tertiary/aromatic N) is 2. The van der Waals surface area contributed by atoms with Crippen LogP contribution in [0.3, 0.4) is 0 Å². The van der Waals surface area contributed by atoms with Crippen molar-refractivity contribution in [2.24, 2.45) is 0 Å². The number of esters is 1. The molecule has 0 saturated carbocycles. The number of amides is 2. The summed E-state index contributed by atoms with van der Waals surface area (Å²) >= 11 is 6.14. The number of aliphatic hydroxyl groups is 1. The Labute approximate surface area is 251 Å². The quantitative estimate of drug-likeness (QED) is 0.418. The maximum absolute atomic E-state index is 12.8. The summed E-state index contributed by atoms with van der Waals surface area (Å²) in [4.78, 5) is 27.4. The minimum Gasteiger partial charge on any atom is -0.497 e. The fourth-order valence-electron chi connectivity index (χ4n) is 5.63. The summed E-state index contributed by atoms with van der Waals surface area (Å²) in [6.07, 6.45) is -4.47. The molecule has 234 valence electrons. The van der Waals surface area contributed by atoms with Gasteiger partial charge in [-0.1, -0.05) is 11.6 Å². The predicted octanol–water partition coefficient (Wildman–Crippen LogP) is 4.27. The molecule has 2 amide bonds. The Morgan fingerprint density at radius 3 is 2.67 bits per heavy atom. The number of anilines is 1. The molecule has 2 fully saturated rings. The molecular formula is C29H33ClF3N3O7. The second-order valence-electron chi connectivity index (χ2n) is 11.0. The summed E-state index contributed by atoms with van der Waals surface area (Å²) in [5.74, 6) is -0.694. The third-order valence-electron chi connectivity index (χ3n) is 7.90. The number of benzene rings is 2. The molecule has 10 nitrogen and oxygen atoms in total. The Bertz CT molecular complexity index is 1340. The van der Waals surface area contributed by atoms with E-state index in [1.807, 2.05) is 18.2 Å². The number of ether oxygens (including phenoxy) is 4. The van der Waals surface area contributed by atoms with Gasteiger partial charge in [-0.2, -0.15) is 13.2 Å². The van der Waals surface area contributed by atoms with Gasteiger partial charge in [-0.25, -0.2) is 9.59 Å². The van der Waals surface area contributed by atoms with E-state index in [9.17, 15) is 27.9 Å². The van der Waals surface area contributed by atoms with Crippen molar-refractivity contribution < 1.29 is 46.8 Å².